The second kappa shape index (κ2) is 6.72. The molecule has 6 heteroatoms. The minimum Gasteiger partial charge on any atom is -0.543 e. The molecule has 0 unspecified atom stereocenters. The van der Waals surface area contributed by atoms with Gasteiger partial charge >= 0.3 is 5.63 Å². The fraction of sp³-hybridized carbons (Fsp3) is 0.524. The Morgan fingerprint density at radius 2 is 1.96 bits per heavy atom. The first kappa shape index (κ1) is 19.5. The van der Waals surface area contributed by atoms with E-state index < -0.39 is 13.9 Å². The van der Waals surface area contributed by atoms with Gasteiger partial charge in [-0.25, -0.2) is 4.79 Å². The number of hydrogen-bond acceptors (Lipinski definition) is 5. The lowest BCUT2D eigenvalue weighted by Crippen LogP contribution is -2.44. The summed E-state index contributed by atoms with van der Waals surface area (Å²) in [5.74, 6) is 1.75. The largest absolute Gasteiger partial charge is 0.543 e. The van der Waals surface area contributed by atoms with Gasteiger partial charge in [-0.3, -0.25) is 0 Å². The lowest BCUT2D eigenvalue weighted by atomic mass is 10.00. The van der Waals surface area contributed by atoms with Crippen LogP contribution in [0.2, 0.25) is 18.1 Å². The summed E-state index contributed by atoms with van der Waals surface area (Å²) in [6, 6.07) is 5.63. The van der Waals surface area contributed by atoms with Crippen molar-refractivity contribution in [2.75, 3.05) is 7.11 Å². The average molecular weight is 386 g/mol. The van der Waals surface area contributed by atoms with Crippen LogP contribution >= 0.6 is 0 Å². The second-order valence-electron chi connectivity index (χ2n) is 8.87. The third kappa shape index (κ3) is 3.74. The zero-order valence-corrected chi connectivity index (χ0v) is 17.9. The van der Waals surface area contributed by atoms with Crippen molar-refractivity contribution in [3.8, 4) is 17.6 Å². The molecule has 1 fully saturated rings. The molecule has 0 N–H and O–H groups in total. The van der Waals surface area contributed by atoms with Gasteiger partial charge in [-0.05, 0) is 49.4 Å². The number of fused-ring (bicyclic) bond motifs is 1. The first-order valence-corrected chi connectivity index (χ1v) is 12.2. The Labute approximate surface area is 161 Å². The van der Waals surface area contributed by atoms with Crippen LogP contribution in [0.4, 0.5) is 0 Å². The van der Waals surface area contributed by atoms with Gasteiger partial charge in [-0.2, -0.15) is 5.26 Å². The van der Waals surface area contributed by atoms with Gasteiger partial charge in [0.15, 0.2) is 0 Å². The van der Waals surface area contributed by atoms with Gasteiger partial charge in [-0.1, -0.05) is 20.8 Å². The minimum absolute atomic E-state index is 0.0218. The van der Waals surface area contributed by atoms with Gasteiger partial charge in [0.1, 0.15) is 23.0 Å². The standard InChI is InChI=1S/C21H27NO4Si/c1-21(2,3)27(5,6)26-17-11-14(24-4)10-16-15(9-13-7-8-13)18(12-22)25-20(23)19(16)17/h10-11,13H,7-9H2,1-6H3. The molecule has 0 bridgehead atoms. The molecular formula is C21H27NO4Si. The van der Waals surface area contributed by atoms with E-state index in [1.54, 1.807) is 13.2 Å². The third-order valence-corrected chi connectivity index (χ3v) is 10.1. The molecular weight excluding hydrogens is 358 g/mol. The van der Waals surface area contributed by atoms with Crippen LogP contribution in [0.3, 0.4) is 0 Å². The molecule has 2 aromatic rings. The summed E-state index contributed by atoms with van der Waals surface area (Å²) < 4.78 is 17.3. The first-order chi connectivity index (χ1) is 12.6. The fourth-order valence-corrected chi connectivity index (χ4v) is 3.91. The number of nitriles is 1. The van der Waals surface area contributed by atoms with E-state index in [4.69, 9.17) is 13.6 Å². The third-order valence-electron chi connectivity index (χ3n) is 5.77. The Bertz CT molecular complexity index is 975. The van der Waals surface area contributed by atoms with Crippen molar-refractivity contribution in [2.45, 2.75) is 58.2 Å². The Balaban J connectivity index is 2.28. The molecule has 1 aromatic heterocycles. The van der Waals surface area contributed by atoms with Crippen molar-refractivity contribution in [3.63, 3.8) is 0 Å². The lowest BCUT2D eigenvalue weighted by molar-refractivity contribution is 0.411. The van der Waals surface area contributed by atoms with E-state index in [-0.39, 0.29) is 10.8 Å². The Kier molecular flexibility index (Phi) is 4.85. The van der Waals surface area contributed by atoms with E-state index in [0.717, 1.165) is 24.8 Å². The highest BCUT2D eigenvalue weighted by molar-refractivity contribution is 6.74. The van der Waals surface area contributed by atoms with Gasteiger partial charge in [0, 0.05) is 17.0 Å². The number of hydrogen-bond donors (Lipinski definition) is 0. The summed E-state index contributed by atoms with van der Waals surface area (Å²) in [4.78, 5) is 12.7. The normalized spacial score (nSPS) is 14.9. The summed E-state index contributed by atoms with van der Waals surface area (Å²) >= 11 is 0. The molecule has 27 heavy (non-hydrogen) atoms. The molecule has 0 spiro atoms. The maximum atomic E-state index is 12.7. The van der Waals surface area contributed by atoms with E-state index in [0.29, 0.717) is 28.2 Å². The predicted molar refractivity (Wildman–Crippen MR) is 108 cm³/mol. The zero-order chi connectivity index (χ0) is 20.0. The van der Waals surface area contributed by atoms with Crippen LogP contribution in [0.15, 0.2) is 21.3 Å². The molecule has 0 amide bonds. The fourth-order valence-electron chi connectivity index (χ4n) is 2.90. The van der Waals surface area contributed by atoms with Crippen LogP contribution in [0, 0.1) is 17.2 Å². The van der Waals surface area contributed by atoms with Gasteiger partial charge in [0.25, 0.3) is 8.32 Å². The maximum Gasteiger partial charge on any atom is 0.348 e. The molecule has 0 radical (unpaired) electrons. The SMILES string of the molecule is COc1cc(O[Si](C)(C)C(C)(C)C)c2c(=O)oc(C#N)c(CC3CC3)c2c1. The van der Waals surface area contributed by atoms with Crippen molar-refractivity contribution in [2.24, 2.45) is 5.92 Å². The molecule has 1 saturated carbocycles. The summed E-state index contributed by atoms with van der Waals surface area (Å²) in [5, 5.41) is 10.6. The Hall–Kier alpha value is -2.26. The van der Waals surface area contributed by atoms with Crippen LogP contribution in [0.25, 0.3) is 10.8 Å². The number of rotatable bonds is 5. The minimum atomic E-state index is -2.18. The van der Waals surface area contributed by atoms with E-state index >= 15 is 0 Å². The molecule has 1 aliphatic rings. The van der Waals surface area contributed by atoms with Gasteiger partial charge < -0.3 is 13.6 Å². The van der Waals surface area contributed by atoms with Crippen molar-refractivity contribution in [1.29, 1.82) is 5.26 Å². The molecule has 5 nitrogen and oxygen atoms in total. The zero-order valence-electron chi connectivity index (χ0n) is 16.9. The predicted octanol–water partition coefficient (Wildman–Crippen LogP) is 5.01. The van der Waals surface area contributed by atoms with Crippen molar-refractivity contribution < 1.29 is 13.6 Å². The van der Waals surface area contributed by atoms with E-state index in [1.165, 1.54) is 0 Å². The van der Waals surface area contributed by atoms with Gasteiger partial charge in [-0.15, -0.1) is 0 Å². The summed E-state index contributed by atoms with van der Waals surface area (Å²) in [5.41, 5.74) is 0.256. The molecule has 1 aliphatic carbocycles. The Morgan fingerprint density at radius 3 is 2.48 bits per heavy atom. The smallest absolute Gasteiger partial charge is 0.348 e. The number of methoxy groups -OCH3 is 1. The quantitative estimate of drug-likeness (QED) is 0.677. The van der Waals surface area contributed by atoms with Gasteiger partial charge in [0.05, 0.1) is 7.11 Å². The van der Waals surface area contributed by atoms with Crippen molar-refractivity contribution in [1.82, 2.24) is 0 Å². The lowest BCUT2D eigenvalue weighted by Gasteiger charge is -2.36. The first-order valence-electron chi connectivity index (χ1n) is 9.34. The monoisotopic (exact) mass is 385 g/mol. The van der Waals surface area contributed by atoms with Crippen LogP contribution in [-0.4, -0.2) is 15.4 Å². The summed E-state index contributed by atoms with van der Waals surface area (Å²) in [7, 11) is -0.590. The van der Waals surface area contributed by atoms with Crippen molar-refractivity contribution >= 4 is 19.1 Å². The van der Waals surface area contributed by atoms with Crippen LogP contribution in [0.5, 0.6) is 11.5 Å². The molecule has 1 aromatic carbocycles. The van der Waals surface area contributed by atoms with Crippen LogP contribution in [0.1, 0.15) is 44.9 Å². The highest BCUT2D eigenvalue weighted by Crippen LogP contribution is 2.42. The molecule has 1 heterocycles. The summed E-state index contributed by atoms with van der Waals surface area (Å²) in [6.45, 7) is 10.7. The highest BCUT2D eigenvalue weighted by atomic mass is 28.4. The topological polar surface area (TPSA) is 72.5 Å². The highest BCUT2D eigenvalue weighted by Gasteiger charge is 2.40. The Morgan fingerprint density at radius 1 is 1.30 bits per heavy atom. The van der Waals surface area contributed by atoms with Crippen molar-refractivity contribution in [3.05, 3.63) is 33.9 Å². The maximum absolute atomic E-state index is 12.7. The molecule has 0 atom stereocenters. The molecule has 144 valence electrons. The molecule has 3 rings (SSSR count). The van der Waals surface area contributed by atoms with Crippen LogP contribution < -0.4 is 14.8 Å². The van der Waals surface area contributed by atoms with Gasteiger partial charge in [0.2, 0.25) is 5.76 Å². The second-order valence-corrected chi connectivity index (χ2v) is 13.6. The summed E-state index contributed by atoms with van der Waals surface area (Å²) in [6.07, 6.45) is 3.02. The van der Waals surface area contributed by atoms with Crippen LogP contribution in [-0.2, 0) is 6.42 Å². The molecule has 0 saturated heterocycles. The number of nitrogens with zero attached hydrogens (tertiary/aromatic N) is 1. The van der Waals surface area contributed by atoms with E-state index in [9.17, 15) is 10.1 Å². The molecule has 0 aliphatic heterocycles. The number of benzene rings is 1. The van der Waals surface area contributed by atoms with E-state index in [1.807, 2.05) is 6.07 Å². The van der Waals surface area contributed by atoms with E-state index in [2.05, 4.69) is 39.9 Å². The average Bonchev–Trinajstić information content (AvgIpc) is 3.39. The number of ether oxygens (including phenoxy) is 1.